The van der Waals surface area contributed by atoms with Crippen molar-refractivity contribution < 1.29 is 13.2 Å². The molecule has 0 aliphatic rings. The minimum absolute atomic E-state index is 0.0152. The van der Waals surface area contributed by atoms with Gasteiger partial charge in [0.1, 0.15) is 0 Å². The predicted molar refractivity (Wildman–Crippen MR) is 122 cm³/mol. The molecule has 2 aromatic carbocycles. The highest BCUT2D eigenvalue weighted by molar-refractivity contribution is 7.98. The summed E-state index contributed by atoms with van der Waals surface area (Å²) in [4.78, 5) is 16.9. The molecule has 1 amide bonds. The zero-order valence-corrected chi connectivity index (χ0v) is 18.8. The van der Waals surface area contributed by atoms with Gasteiger partial charge in [0.15, 0.2) is 0 Å². The lowest BCUT2D eigenvalue weighted by Crippen LogP contribution is -2.31. The number of aromatic nitrogens is 1. The molecular weight excluding hydrogens is 442 g/mol. The van der Waals surface area contributed by atoms with Gasteiger partial charge in [0.05, 0.1) is 38.1 Å². The smallest absolute Gasteiger partial charge is 0.264 e. The summed E-state index contributed by atoms with van der Waals surface area (Å²) < 4.78 is 27.7. The van der Waals surface area contributed by atoms with E-state index in [9.17, 15) is 13.2 Å². The minimum atomic E-state index is -3.88. The first-order chi connectivity index (χ1) is 14.4. The number of amides is 1. The number of nitrogens with zero attached hydrogens (tertiary/aromatic N) is 2. The van der Waals surface area contributed by atoms with Crippen LogP contribution >= 0.6 is 23.4 Å². The molecule has 0 fully saturated rings. The second-order valence-electron chi connectivity index (χ2n) is 6.19. The fraction of sp³-hybridized carbons (Fsp3) is 0.143. The number of sulfonamides is 1. The van der Waals surface area contributed by atoms with Crippen LogP contribution in [0.15, 0.2) is 76.8 Å². The standard InChI is InChI=1S/C21H20ClN3O3S2/c1-3-25(16-7-5-4-6-8-16)30(27,28)17-10-11-19(22)18(13-17)21(26)24-15-9-12-20(29-2)23-14-15/h4-14H,3H2,1-2H3,(H,24,26). The monoisotopic (exact) mass is 461 g/mol. The van der Waals surface area contributed by atoms with E-state index in [1.54, 1.807) is 43.3 Å². The number of hydrogen-bond acceptors (Lipinski definition) is 5. The Morgan fingerprint density at radius 3 is 2.47 bits per heavy atom. The molecule has 30 heavy (non-hydrogen) atoms. The number of carbonyl (C=O) groups excluding carboxylic acids is 1. The average Bonchev–Trinajstić information content (AvgIpc) is 2.75. The van der Waals surface area contributed by atoms with Gasteiger partial charge in [-0.05, 0) is 55.6 Å². The first-order valence-corrected chi connectivity index (χ1v) is 12.1. The van der Waals surface area contributed by atoms with Crippen LogP contribution < -0.4 is 9.62 Å². The lowest BCUT2D eigenvalue weighted by Gasteiger charge is -2.23. The molecule has 0 spiro atoms. The molecule has 6 nitrogen and oxygen atoms in total. The maximum Gasteiger partial charge on any atom is 0.264 e. The van der Waals surface area contributed by atoms with Crippen molar-refractivity contribution in [1.29, 1.82) is 0 Å². The van der Waals surface area contributed by atoms with Gasteiger partial charge in [-0.3, -0.25) is 9.10 Å². The largest absolute Gasteiger partial charge is 0.321 e. The Bertz CT molecular complexity index is 1140. The van der Waals surface area contributed by atoms with E-state index in [1.165, 1.54) is 40.5 Å². The molecule has 0 aliphatic carbocycles. The molecule has 0 saturated carbocycles. The Hall–Kier alpha value is -2.55. The van der Waals surface area contributed by atoms with Crippen LogP contribution in [0.1, 0.15) is 17.3 Å². The Balaban J connectivity index is 1.92. The van der Waals surface area contributed by atoms with Gasteiger partial charge in [0.2, 0.25) is 0 Å². The quantitative estimate of drug-likeness (QED) is 0.505. The van der Waals surface area contributed by atoms with Gasteiger partial charge in [-0.15, -0.1) is 11.8 Å². The van der Waals surface area contributed by atoms with Gasteiger partial charge in [-0.2, -0.15) is 0 Å². The molecule has 0 bridgehead atoms. The summed E-state index contributed by atoms with van der Waals surface area (Å²) in [7, 11) is -3.88. The summed E-state index contributed by atoms with van der Waals surface area (Å²) in [6, 6.07) is 16.4. The number of benzene rings is 2. The van der Waals surface area contributed by atoms with Gasteiger partial charge >= 0.3 is 0 Å². The summed E-state index contributed by atoms with van der Waals surface area (Å²) >= 11 is 7.68. The van der Waals surface area contributed by atoms with Gasteiger partial charge in [0, 0.05) is 6.54 Å². The maximum absolute atomic E-state index is 13.2. The fourth-order valence-electron chi connectivity index (χ4n) is 2.83. The third-order valence-electron chi connectivity index (χ3n) is 4.31. The Labute approximate surface area is 185 Å². The molecule has 1 aromatic heterocycles. The second-order valence-corrected chi connectivity index (χ2v) is 9.29. The molecule has 0 radical (unpaired) electrons. The van der Waals surface area contributed by atoms with Crippen molar-refractivity contribution in [2.75, 3.05) is 22.4 Å². The Morgan fingerprint density at radius 2 is 1.87 bits per heavy atom. The van der Waals surface area contributed by atoms with E-state index in [1.807, 2.05) is 12.3 Å². The highest BCUT2D eigenvalue weighted by Crippen LogP contribution is 2.27. The van der Waals surface area contributed by atoms with Crippen LogP contribution in [0.2, 0.25) is 5.02 Å². The molecular formula is C21H20ClN3O3S2. The number of hydrogen-bond donors (Lipinski definition) is 1. The molecule has 0 atom stereocenters. The first-order valence-electron chi connectivity index (χ1n) is 9.05. The number of thioether (sulfide) groups is 1. The van der Waals surface area contributed by atoms with E-state index >= 15 is 0 Å². The Kier molecular flexibility index (Phi) is 7.02. The number of nitrogens with one attached hydrogen (secondary N) is 1. The van der Waals surface area contributed by atoms with Crippen molar-refractivity contribution >= 4 is 50.7 Å². The van der Waals surface area contributed by atoms with Crippen molar-refractivity contribution in [2.24, 2.45) is 0 Å². The van der Waals surface area contributed by atoms with Gasteiger partial charge < -0.3 is 5.32 Å². The van der Waals surface area contributed by atoms with E-state index in [4.69, 9.17) is 11.6 Å². The van der Waals surface area contributed by atoms with E-state index in [0.717, 1.165) is 5.03 Å². The number of anilines is 2. The van der Waals surface area contributed by atoms with Gasteiger partial charge in [0.25, 0.3) is 15.9 Å². The number of halogens is 1. The third kappa shape index (κ3) is 4.77. The highest BCUT2D eigenvalue weighted by Gasteiger charge is 2.25. The molecule has 1 heterocycles. The summed E-state index contributed by atoms with van der Waals surface area (Å²) in [6.45, 7) is 1.99. The number of pyridine rings is 1. The fourth-order valence-corrected chi connectivity index (χ4v) is 4.89. The third-order valence-corrected chi connectivity index (χ3v) is 7.19. The number of rotatable bonds is 7. The number of para-hydroxylation sites is 1. The highest BCUT2D eigenvalue weighted by atomic mass is 35.5. The maximum atomic E-state index is 13.2. The van der Waals surface area contributed by atoms with Crippen molar-refractivity contribution in [3.8, 4) is 0 Å². The van der Waals surface area contributed by atoms with E-state index in [2.05, 4.69) is 10.3 Å². The molecule has 9 heteroatoms. The predicted octanol–water partition coefficient (Wildman–Crippen LogP) is 4.92. The van der Waals surface area contributed by atoms with Crippen LogP contribution in [0.25, 0.3) is 0 Å². The van der Waals surface area contributed by atoms with Crippen molar-refractivity contribution in [1.82, 2.24) is 4.98 Å². The van der Waals surface area contributed by atoms with Crippen LogP contribution in [0, 0.1) is 0 Å². The van der Waals surface area contributed by atoms with Crippen LogP contribution in [0.5, 0.6) is 0 Å². The van der Waals surface area contributed by atoms with Crippen molar-refractivity contribution in [3.05, 3.63) is 77.4 Å². The van der Waals surface area contributed by atoms with Crippen molar-refractivity contribution in [3.63, 3.8) is 0 Å². The summed E-state index contributed by atoms with van der Waals surface area (Å²) in [5.41, 5.74) is 1.10. The van der Waals surface area contributed by atoms with Crippen LogP contribution in [-0.4, -0.2) is 32.1 Å². The molecule has 0 saturated heterocycles. The SMILES string of the molecule is CCN(c1ccccc1)S(=O)(=O)c1ccc(Cl)c(C(=O)Nc2ccc(SC)nc2)c1. The Morgan fingerprint density at radius 1 is 1.13 bits per heavy atom. The molecule has 0 unspecified atom stereocenters. The van der Waals surface area contributed by atoms with Gasteiger partial charge in [-0.1, -0.05) is 29.8 Å². The van der Waals surface area contributed by atoms with Gasteiger partial charge in [-0.25, -0.2) is 13.4 Å². The number of carbonyl (C=O) groups is 1. The molecule has 1 N–H and O–H groups in total. The van der Waals surface area contributed by atoms with E-state index < -0.39 is 15.9 Å². The molecule has 3 rings (SSSR count). The second kappa shape index (κ2) is 9.51. The normalized spacial score (nSPS) is 11.2. The lowest BCUT2D eigenvalue weighted by atomic mass is 10.2. The first kappa shape index (κ1) is 22.1. The lowest BCUT2D eigenvalue weighted by molar-refractivity contribution is 0.102. The average molecular weight is 462 g/mol. The zero-order chi connectivity index (χ0) is 21.7. The van der Waals surface area contributed by atoms with E-state index in [-0.39, 0.29) is 22.0 Å². The molecule has 156 valence electrons. The van der Waals surface area contributed by atoms with E-state index in [0.29, 0.717) is 11.4 Å². The summed E-state index contributed by atoms with van der Waals surface area (Å²) in [5.74, 6) is -0.515. The topological polar surface area (TPSA) is 79.4 Å². The zero-order valence-electron chi connectivity index (χ0n) is 16.4. The van der Waals surface area contributed by atoms with Crippen LogP contribution in [0.3, 0.4) is 0 Å². The molecule has 3 aromatic rings. The summed E-state index contributed by atoms with van der Waals surface area (Å²) in [6.07, 6.45) is 3.44. The molecule has 0 aliphatic heterocycles. The van der Waals surface area contributed by atoms with Crippen LogP contribution in [0.4, 0.5) is 11.4 Å². The summed E-state index contributed by atoms with van der Waals surface area (Å²) in [5, 5.41) is 3.67. The van der Waals surface area contributed by atoms with Crippen molar-refractivity contribution in [2.45, 2.75) is 16.8 Å². The van der Waals surface area contributed by atoms with Crippen LogP contribution in [-0.2, 0) is 10.0 Å². The minimum Gasteiger partial charge on any atom is -0.321 e.